The molecule has 0 saturated heterocycles. The first-order chi connectivity index (χ1) is 8.86. The van der Waals surface area contributed by atoms with E-state index in [1.807, 2.05) is 6.92 Å². The molecule has 1 aromatic carbocycles. The fourth-order valence-corrected chi connectivity index (χ4v) is 3.21. The topological polar surface area (TPSA) is 17.1 Å². The predicted molar refractivity (Wildman–Crippen MR) is 81.6 cm³/mol. The first-order valence-electron chi connectivity index (χ1n) is 7.14. The van der Waals surface area contributed by atoms with E-state index < -0.39 is 0 Å². The molecule has 102 valence electrons. The van der Waals surface area contributed by atoms with Gasteiger partial charge in [0, 0.05) is 0 Å². The third-order valence-electron chi connectivity index (χ3n) is 4.60. The lowest BCUT2D eigenvalue weighted by atomic mass is 9.68. The van der Waals surface area contributed by atoms with Crippen LogP contribution in [0.2, 0.25) is 0 Å². The average Bonchev–Trinajstić information content (AvgIpc) is 2.34. The highest BCUT2D eigenvalue weighted by Gasteiger charge is 2.31. The summed E-state index contributed by atoms with van der Waals surface area (Å²) in [6.07, 6.45) is 5.04. The van der Waals surface area contributed by atoms with E-state index in [1.165, 1.54) is 35.1 Å². The van der Waals surface area contributed by atoms with E-state index in [4.69, 9.17) is 0 Å². The van der Waals surface area contributed by atoms with Gasteiger partial charge in [0.05, 0.1) is 0 Å². The van der Waals surface area contributed by atoms with Crippen molar-refractivity contribution in [3.63, 3.8) is 0 Å². The van der Waals surface area contributed by atoms with Gasteiger partial charge in [0.25, 0.3) is 0 Å². The maximum absolute atomic E-state index is 10.7. The Morgan fingerprint density at radius 1 is 1.37 bits per heavy atom. The molecule has 1 heteroatoms. The van der Waals surface area contributed by atoms with Crippen molar-refractivity contribution in [3.05, 3.63) is 40.5 Å². The predicted octanol–water partition coefficient (Wildman–Crippen LogP) is 4.77. The van der Waals surface area contributed by atoms with Crippen molar-refractivity contribution in [2.45, 2.75) is 58.8 Å². The van der Waals surface area contributed by atoms with Gasteiger partial charge in [-0.3, -0.25) is 4.79 Å². The molecule has 0 aromatic heterocycles. The van der Waals surface area contributed by atoms with E-state index in [9.17, 15) is 4.79 Å². The Morgan fingerprint density at radius 2 is 2.05 bits per heavy atom. The Kier molecular flexibility index (Phi) is 3.66. The van der Waals surface area contributed by atoms with Gasteiger partial charge in [0.1, 0.15) is 6.29 Å². The fourth-order valence-electron chi connectivity index (χ4n) is 3.21. The van der Waals surface area contributed by atoms with Crippen LogP contribution in [-0.4, -0.2) is 6.29 Å². The second-order valence-corrected chi connectivity index (χ2v) is 6.56. The van der Waals surface area contributed by atoms with E-state index in [0.29, 0.717) is 5.92 Å². The minimum atomic E-state index is 0.242. The highest BCUT2D eigenvalue weighted by molar-refractivity contribution is 5.82. The average molecular weight is 256 g/mol. The molecule has 0 N–H and O–H groups in total. The molecule has 1 aromatic rings. The van der Waals surface area contributed by atoms with E-state index in [-0.39, 0.29) is 5.41 Å². The molecular formula is C18H24O. The van der Waals surface area contributed by atoms with E-state index in [2.05, 4.69) is 39.8 Å². The van der Waals surface area contributed by atoms with Crippen LogP contribution in [0.25, 0.3) is 5.57 Å². The van der Waals surface area contributed by atoms with Crippen LogP contribution in [0.15, 0.2) is 18.2 Å². The van der Waals surface area contributed by atoms with Crippen molar-refractivity contribution < 1.29 is 4.79 Å². The Morgan fingerprint density at radius 3 is 2.68 bits per heavy atom. The van der Waals surface area contributed by atoms with Crippen LogP contribution < -0.4 is 0 Å². The maximum atomic E-state index is 10.7. The molecule has 0 amide bonds. The van der Waals surface area contributed by atoms with Crippen molar-refractivity contribution in [2.75, 3.05) is 0 Å². The second-order valence-electron chi connectivity index (χ2n) is 6.56. The zero-order valence-corrected chi connectivity index (χ0v) is 12.7. The molecule has 1 unspecified atom stereocenters. The number of hydrogen-bond donors (Lipinski definition) is 0. The Balaban J connectivity index is 2.63. The SMILES string of the molecule is C/C(=C\C=O)c1cc2c(cc1C)C(C)CCC2(C)C. The molecule has 1 nitrogen and oxygen atoms in total. The van der Waals surface area contributed by atoms with Gasteiger partial charge in [-0.1, -0.05) is 32.9 Å². The first kappa shape index (κ1) is 14.0. The number of aldehydes is 1. The smallest absolute Gasteiger partial charge is 0.143 e. The maximum Gasteiger partial charge on any atom is 0.143 e. The summed E-state index contributed by atoms with van der Waals surface area (Å²) in [6.45, 7) is 11.1. The number of rotatable bonds is 2. The summed E-state index contributed by atoms with van der Waals surface area (Å²) < 4.78 is 0. The van der Waals surface area contributed by atoms with Gasteiger partial charge in [-0.2, -0.15) is 0 Å². The lowest BCUT2D eigenvalue weighted by Crippen LogP contribution is -2.26. The molecule has 1 atom stereocenters. The van der Waals surface area contributed by atoms with Crippen LogP contribution >= 0.6 is 0 Å². The number of allylic oxidation sites excluding steroid dienone is 2. The minimum absolute atomic E-state index is 0.242. The van der Waals surface area contributed by atoms with Crippen LogP contribution in [-0.2, 0) is 10.2 Å². The first-order valence-corrected chi connectivity index (χ1v) is 7.14. The Bertz CT molecular complexity index is 535. The monoisotopic (exact) mass is 256 g/mol. The number of aryl methyl sites for hydroxylation is 1. The summed E-state index contributed by atoms with van der Waals surface area (Å²) in [5.74, 6) is 0.645. The number of hydrogen-bond acceptors (Lipinski definition) is 1. The second kappa shape index (κ2) is 4.96. The molecule has 0 heterocycles. The third kappa shape index (κ3) is 2.51. The summed E-state index contributed by atoms with van der Waals surface area (Å²) in [6, 6.07) is 4.65. The van der Waals surface area contributed by atoms with Crippen molar-refractivity contribution in [1.82, 2.24) is 0 Å². The molecule has 19 heavy (non-hydrogen) atoms. The van der Waals surface area contributed by atoms with E-state index >= 15 is 0 Å². The standard InChI is InChI=1S/C18H24O/c1-12-6-8-18(4,5)17-11-15(13(2)7-9-19)14(3)10-16(12)17/h7,9-12H,6,8H2,1-5H3/b13-7+. The van der Waals surface area contributed by atoms with E-state index in [0.717, 1.165) is 11.9 Å². The van der Waals surface area contributed by atoms with Crippen molar-refractivity contribution in [3.8, 4) is 0 Å². The van der Waals surface area contributed by atoms with Crippen LogP contribution in [0.4, 0.5) is 0 Å². The third-order valence-corrected chi connectivity index (χ3v) is 4.60. The summed E-state index contributed by atoms with van der Waals surface area (Å²) in [5.41, 5.74) is 6.75. The Labute approximate surface area is 116 Å². The van der Waals surface area contributed by atoms with Gasteiger partial charge in [0.15, 0.2) is 0 Å². The van der Waals surface area contributed by atoms with Gasteiger partial charge >= 0.3 is 0 Å². The zero-order chi connectivity index (χ0) is 14.2. The van der Waals surface area contributed by atoms with Gasteiger partial charge in [-0.05, 0) is 71.9 Å². The molecule has 1 aliphatic carbocycles. The van der Waals surface area contributed by atoms with Crippen LogP contribution in [0, 0.1) is 6.92 Å². The summed E-state index contributed by atoms with van der Waals surface area (Å²) >= 11 is 0. The molecule has 2 rings (SSSR count). The van der Waals surface area contributed by atoms with Crippen molar-refractivity contribution in [2.24, 2.45) is 0 Å². The lowest BCUT2D eigenvalue weighted by molar-refractivity contribution is -0.104. The summed E-state index contributed by atoms with van der Waals surface area (Å²) in [7, 11) is 0. The molecule has 0 spiro atoms. The molecule has 0 bridgehead atoms. The quantitative estimate of drug-likeness (QED) is 0.550. The fraction of sp³-hybridized carbons (Fsp3) is 0.500. The Hall–Kier alpha value is -1.37. The zero-order valence-electron chi connectivity index (χ0n) is 12.7. The number of carbonyl (C=O) groups excluding carboxylic acids is 1. The van der Waals surface area contributed by atoms with Gasteiger partial charge in [-0.15, -0.1) is 0 Å². The molecular weight excluding hydrogens is 232 g/mol. The minimum Gasteiger partial charge on any atom is -0.299 e. The van der Waals surface area contributed by atoms with Gasteiger partial charge in [0.2, 0.25) is 0 Å². The number of carbonyl (C=O) groups is 1. The molecule has 1 aliphatic rings. The van der Waals surface area contributed by atoms with Gasteiger partial charge in [-0.25, -0.2) is 0 Å². The van der Waals surface area contributed by atoms with E-state index in [1.54, 1.807) is 6.08 Å². The van der Waals surface area contributed by atoms with Gasteiger partial charge < -0.3 is 0 Å². The highest BCUT2D eigenvalue weighted by Crippen LogP contribution is 2.44. The highest BCUT2D eigenvalue weighted by atomic mass is 16.1. The summed E-state index contributed by atoms with van der Waals surface area (Å²) in [4.78, 5) is 10.7. The molecule has 0 saturated carbocycles. The molecule has 0 fully saturated rings. The van der Waals surface area contributed by atoms with Crippen molar-refractivity contribution >= 4 is 11.9 Å². The van der Waals surface area contributed by atoms with Crippen LogP contribution in [0.1, 0.15) is 68.7 Å². The summed E-state index contributed by atoms with van der Waals surface area (Å²) in [5, 5.41) is 0. The van der Waals surface area contributed by atoms with Crippen LogP contribution in [0.3, 0.4) is 0 Å². The largest absolute Gasteiger partial charge is 0.299 e. The van der Waals surface area contributed by atoms with Crippen LogP contribution in [0.5, 0.6) is 0 Å². The number of benzene rings is 1. The molecule has 0 radical (unpaired) electrons. The normalized spacial score (nSPS) is 21.9. The number of fused-ring (bicyclic) bond motifs is 1. The van der Waals surface area contributed by atoms with Crippen molar-refractivity contribution in [1.29, 1.82) is 0 Å². The molecule has 0 aliphatic heterocycles. The lowest BCUT2D eigenvalue weighted by Gasteiger charge is -2.37.